The number of nitro benzene ring substituents is 1. The minimum Gasteiger partial charge on any atom is -0.351 e. The lowest BCUT2D eigenvalue weighted by molar-refractivity contribution is -0.384. The standard InChI is InChI=1S/C19H17ClN4O3S/c1-10-4-3-5-13(8-10)22-18(25)16-11(2)21-19(28)23-17(16)12-6-7-14(20)15(9-12)24(26)27/h3-9,17H,1-2H3,(H,22,25)(H2,21,23,28)/t17-/m0/s1. The van der Waals surface area contributed by atoms with Crippen molar-refractivity contribution in [1.29, 1.82) is 0 Å². The van der Waals surface area contributed by atoms with Crippen LogP contribution in [0.15, 0.2) is 53.7 Å². The van der Waals surface area contributed by atoms with Gasteiger partial charge in [-0.25, -0.2) is 0 Å². The van der Waals surface area contributed by atoms with Crippen molar-refractivity contribution in [2.24, 2.45) is 0 Å². The molecular weight excluding hydrogens is 400 g/mol. The van der Waals surface area contributed by atoms with Gasteiger partial charge in [0.15, 0.2) is 5.11 Å². The molecule has 1 atom stereocenters. The van der Waals surface area contributed by atoms with Gasteiger partial charge in [0, 0.05) is 17.5 Å². The van der Waals surface area contributed by atoms with Crippen LogP contribution in [0.5, 0.6) is 0 Å². The van der Waals surface area contributed by atoms with E-state index in [1.165, 1.54) is 12.1 Å². The predicted molar refractivity (Wildman–Crippen MR) is 112 cm³/mol. The Morgan fingerprint density at radius 3 is 2.68 bits per heavy atom. The monoisotopic (exact) mass is 416 g/mol. The Kier molecular flexibility index (Phi) is 5.62. The number of nitrogens with zero attached hydrogens (tertiary/aromatic N) is 1. The van der Waals surface area contributed by atoms with Gasteiger partial charge in [-0.1, -0.05) is 29.8 Å². The van der Waals surface area contributed by atoms with Crippen molar-refractivity contribution in [2.45, 2.75) is 19.9 Å². The number of anilines is 1. The van der Waals surface area contributed by atoms with E-state index in [9.17, 15) is 14.9 Å². The maximum atomic E-state index is 13.0. The van der Waals surface area contributed by atoms with Crippen molar-refractivity contribution in [1.82, 2.24) is 10.6 Å². The van der Waals surface area contributed by atoms with Crippen LogP contribution in [0, 0.1) is 17.0 Å². The summed E-state index contributed by atoms with van der Waals surface area (Å²) in [6.45, 7) is 3.66. The van der Waals surface area contributed by atoms with Crippen LogP contribution in [0.25, 0.3) is 0 Å². The average Bonchev–Trinajstić information content (AvgIpc) is 2.61. The highest BCUT2D eigenvalue weighted by atomic mass is 35.5. The largest absolute Gasteiger partial charge is 0.351 e. The average molecular weight is 417 g/mol. The molecule has 7 nitrogen and oxygen atoms in total. The topological polar surface area (TPSA) is 96.3 Å². The third-order valence-electron chi connectivity index (χ3n) is 4.29. The molecule has 0 bridgehead atoms. The second-order valence-corrected chi connectivity index (χ2v) is 7.18. The molecule has 0 aromatic heterocycles. The van der Waals surface area contributed by atoms with E-state index in [-0.39, 0.29) is 16.6 Å². The van der Waals surface area contributed by atoms with Gasteiger partial charge in [-0.15, -0.1) is 0 Å². The van der Waals surface area contributed by atoms with Gasteiger partial charge in [0.25, 0.3) is 11.6 Å². The fourth-order valence-electron chi connectivity index (χ4n) is 3.02. The number of amides is 1. The maximum absolute atomic E-state index is 13.0. The summed E-state index contributed by atoms with van der Waals surface area (Å²) in [7, 11) is 0. The van der Waals surface area contributed by atoms with E-state index in [0.29, 0.717) is 27.6 Å². The van der Waals surface area contributed by atoms with Crippen LogP contribution in [0.3, 0.4) is 0 Å². The molecule has 9 heteroatoms. The molecule has 0 fully saturated rings. The van der Waals surface area contributed by atoms with Gasteiger partial charge in [-0.2, -0.15) is 0 Å². The summed E-state index contributed by atoms with van der Waals surface area (Å²) in [5, 5.41) is 20.4. The smallest absolute Gasteiger partial charge is 0.288 e. The van der Waals surface area contributed by atoms with E-state index in [0.717, 1.165) is 5.56 Å². The molecule has 1 heterocycles. The van der Waals surface area contributed by atoms with Gasteiger partial charge in [0.1, 0.15) is 5.02 Å². The zero-order valence-electron chi connectivity index (χ0n) is 15.1. The van der Waals surface area contributed by atoms with E-state index in [2.05, 4.69) is 16.0 Å². The molecule has 1 aliphatic rings. The first-order chi connectivity index (χ1) is 13.3. The quantitative estimate of drug-likeness (QED) is 0.396. The molecule has 1 amide bonds. The van der Waals surface area contributed by atoms with Gasteiger partial charge < -0.3 is 16.0 Å². The van der Waals surface area contributed by atoms with E-state index in [4.69, 9.17) is 23.8 Å². The van der Waals surface area contributed by atoms with Crippen molar-refractivity contribution < 1.29 is 9.72 Å². The van der Waals surface area contributed by atoms with Crippen molar-refractivity contribution in [3.8, 4) is 0 Å². The second-order valence-electron chi connectivity index (χ2n) is 6.36. The highest BCUT2D eigenvalue weighted by Gasteiger charge is 2.31. The van der Waals surface area contributed by atoms with Crippen LogP contribution < -0.4 is 16.0 Å². The third kappa shape index (κ3) is 4.13. The number of rotatable bonds is 4. The van der Waals surface area contributed by atoms with E-state index >= 15 is 0 Å². The zero-order chi connectivity index (χ0) is 20.4. The Labute approximate surface area is 171 Å². The van der Waals surface area contributed by atoms with Crippen LogP contribution in [-0.4, -0.2) is 15.9 Å². The van der Waals surface area contributed by atoms with Gasteiger partial charge >= 0.3 is 0 Å². The molecule has 144 valence electrons. The summed E-state index contributed by atoms with van der Waals surface area (Å²) in [5.41, 5.74) is 2.88. The van der Waals surface area contributed by atoms with Crippen molar-refractivity contribution in [3.05, 3.63) is 80.0 Å². The minimum absolute atomic E-state index is 0.0247. The molecular formula is C19H17ClN4O3S. The number of nitrogens with one attached hydrogen (secondary N) is 3. The Balaban J connectivity index is 2.00. The first kappa shape index (κ1) is 19.8. The summed E-state index contributed by atoms with van der Waals surface area (Å²) in [6, 6.07) is 11.2. The van der Waals surface area contributed by atoms with Crippen molar-refractivity contribution in [3.63, 3.8) is 0 Å². The molecule has 0 saturated carbocycles. The number of hydrogen-bond donors (Lipinski definition) is 3. The molecule has 2 aromatic rings. The van der Waals surface area contributed by atoms with Gasteiger partial charge in [0.2, 0.25) is 0 Å². The van der Waals surface area contributed by atoms with E-state index in [1.54, 1.807) is 19.1 Å². The van der Waals surface area contributed by atoms with Crippen LogP contribution in [0.2, 0.25) is 5.02 Å². The molecule has 28 heavy (non-hydrogen) atoms. The number of thiocarbonyl (C=S) groups is 1. The SMILES string of the molecule is CC1=C(C(=O)Nc2cccc(C)c2)[C@H](c2ccc(Cl)c([N+](=O)[O-])c2)NC(=S)N1. The molecule has 1 aliphatic heterocycles. The molecule has 0 aliphatic carbocycles. The molecule has 0 saturated heterocycles. The number of nitro groups is 1. The second kappa shape index (κ2) is 7.95. The first-order valence-electron chi connectivity index (χ1n) is 8.36. The summed E-state index contributed by atoms with van der Waals surface area (Å²) >= 11 is 11.1. The number of benzene rings is 2. The Hall–Kier alpha value is -2.97. The summed E-state index contributed by atoms with van der Waals surface area (Å²) in [6.07, 6.45) is 0. The molecule has 0 unspecified atom stereocenters. The molecule has 2 aromatic carbocycles. The van der Waals surface area contributed by atoms with Gasteiger partial charge in [-0.05, 0) is 55.4 Å². The fourth-order valence-corrected chi connectivity index (χ4v) is 3.47. The Morgan fingerprint density at radius 1 is 1.25 bits per heavy atom. The molecule has 0 radical (unpaired) electrons. The maximum Gasteiger partial charge on any atom is 0.288 e. The molecule has 0 spiro atoms. The van der Waals surface area contributed by atoms with E-state index < -0.39 is 11.0 Å². The zero-order valence-corrected chi connectivity index (χ0v) is 16.6. The van der Waals surface area contributed by atoms with E-state index in [1.807, 2.05) is 25.1 Å². The fraction of sp³-hybridized carbons (Fsp3) is 0.158. The normalized spacial score (nSPS) is 16.2. The number of carbonyl (C=O) groups is 1. The summed E-state index contributed by atoms with van der Waals surface area (Å²) in [5.74, 6) is -0.340. The summed E-state index contributed by atoms with van der Waals surface area (Å²) < 4.78 is 0. The van der Waals surface area contributed by atoms with Crippen molar-refractivity contribution in [2.75, 3.05) is 5.32 Å². The molecule has 3 N–H and O–H groups in total. The number of aryl methyl sites for hydroxylation is 1. The van der Waals surface area contributed by atoms with Crippen LogP contribution >= 0.6 is 23.8 Å². The third-order valence-corrected chi connectivity index (χ3v) is 4.83. The van der Waals surface area contributed by atoms with Crippen LogP contribution in [0.1, 0.15) is 24.1 Å². The number of allylic oxidation sites excluding steroid dienone is 1. The number of hydrogen-bond acceptors (Lipinski definition) is 4. The van der Waals surface area contributed by atoms with Crippen molar-refractivity contribution >= 4 is 46.2 Å². The lowest BCUT2D eigenvalue weighted by Crippen LogP contribution is -2.45. The lowest BCUT2D eigenvalue weighted by atomic mass is 9.94. The van der Waals surface area contributed by atoms with Gasteiger partial charge in [0.05, 0.1) is 16.5 Å². The minimum atomic E-state index is -0.658. The number of carbonyl (C=O) groups excluding carboxylic acids is 1. The Morgan fingerprint density at radius 2 is 2.00 bits per heavy atom. The van der Waals surface area contributed by atoms with Crippen LogP contribution in [0.4, 0.5) is 11.4 Å². The first-order valence-corrected chi connectivity index (χ1v) is 9.15. The van der Waals surface area contributed by atoms with Crippen LogP contribution in [-0.2, 0) is 4.79 Å². The predicted octanol–water partition coefficient (Wildman–Crippen LogP) is 3.99. The van der Waals surface area contributed by atoms with Gasteiger partial charge in [-0.3, -0.25) is 14.9 Å². The Bertz CT molecular complexity index is 1020. The summed E-state index contributed by atoms with van der Waals surface area (Å²) in [4.78, 5) is 23.7. The molecule has 3 rings (SSSR count). The lowest BCUT2D eigenvalue weighted by Gasteiger charge is -2.30. The highest BCUT2D eigenvalue weighted by molar-refractivity contribution is 7.80. The highest BCUT2D eigenvalue weighted by Crippen LogP contribution is 2.33. The number of halogens is 1.